The van der Waals surface area contributed by atoms with Crippen molar-refractivity contribution >= 4 is 11.8 Å². The second-order valence-electron chi connectivity index (χ2n) is 6.14. The van der Waals surface area contributed by atoms with Gasteiger partial charge in [0.2, 0.25) is 0 Å². The highest BCUT2D eigenvalue weighted by Gasteiger charge is 2.34. The Morgan fingerprint density at radius 1 is 1.45 bits per heavy atom. The van der Waals surface area contributed by atoms with Gasteiger partial charge in [-0.15, -0.1) is 0 Å². The number of carboxylic acids is 1. The fraction of sp³-hybridized carbons (Fsp3) is 0.600. The first kappa shape index (κ1) is 13.4. The number of nitrogens with zero attached hydrogens (tertiary/aromatic N) is 2. The summed E-state index contributed by atoms with van der Waals surface area (Å²) in [6.07, 6.45) is 2.96. The van der Waals surface area contributed by atoms with E-state index in [2.05, 4.69) is 23.7 Å². The Hall–Kier alpha value is -1.62. The first-order valence-corrected chi connectivity index (χ1v) is 7.10. The van der Waals surface area contributed by atoms with Gasteiger partial charge in [-0.2, -0.15) is 0 Å². The van der Waals surface area contributed by atoms with E-state index in [9.17, 15) is 9.90 Å². The molecule has 1 saturated heterocycles. The number of ether oxygens (including phenoxy) is 1. The van der Waals surface area contributed by atoms with Crippen LogP contribution in [0.4, 0.5) is 5.82 Å². The molecule has 0 amide bonds. The summed E-state index contributed by atoms with van der Waals surface area (Å²) in [6, 6.07) is 1.82. The minimum absolute atomic E-state index is 0.234. The molecule has 1 aliphatic heterocycles. The standard InChI is InChI=1S/C15H20N2O3/c1-15(2)9-20-7-6-17(15)13-11(14(18)19)8-10-4-3-5-12(10)16-13/h8H,3-7,9H2,1-2H3,(H,18,19). The maximum atomic E-state index is 11.6. The molecule has 1 fully saturated rings. The second kappa shape index (κ2) is 4.74. The first-order chi connectivity index (χ1) is 9.49. The number of aryl methyl sites for hydroxylation is 2. The molecule has 1 aromatic heterocycles. The number of morpholine rings is 1. The van der Waals surface area contributed by atoms with E-state index >= 15 is 0 Å². The van der Waals surface area contributed by atoms with Crippen LogP contribution in [0.1, 0.15) is 41.9 Å². The molecule has 2 heterocycles. The van der Waals surface area contributed by atoms with Crippen LogP contribution in [0, 0.1) is 0 Å². The Bertz CT molecular complexity index is 554. The number of carbonyl (C=O) groups is 1. The topological polar surface area (TPSA) is 62.7 Å². The molecule has 0 aromatic carbocycles. The lowest BCUT2D eigenvalue weighted by atomic mass is 10.0. The Morgan fingerprint density at radius 2 is 2.25 bits per heavy atom. The summed E-state index contributed by atoms with van der Waals surface area (Å²) in [7, 11) is 0. The molecule has 0 bridgehead atoms. The average Bonchev–Trinajstić information content (AvgIpc) is 2.83. The third-order valence-electron chi connectivity index (χ3n) is 4.16. The average molecular weight is 276 g/mol. The zero-order valence-electron chi connectivity index (χ0n) is 12.0. The maximum absolute atomic E-state index is 11.6. The Balaban J connectivity index is 2.09. The predicted octanol–water partition coefficient (Wildman–Crippen LogP) is 1.88. The summed E-state index contributed by atoms with van der Waals surface area (Å²) in [4.78, 5) is 18.3. The van der Waals surface area contributed by atoms with Crippen molar-refractivity contribution in [2.24, 2.45) is 0 Å². The third kappa shape index (κ3) is 2.16. The van der Waals surface area contributed by atoms with Gasteiger partial charge in [-0.3, -0.25) is 0 Å². The highest BCUT2D eigenvalue weighted by molar-refractivity contribution is 5.94. The van der Waals surface area contributed by atoms with Crippen LogP contribution in [0.15, 0.2) is 6.07 Å². The molecule has 2 aliphatic rings. The Kier molecular flexibility index (Phi) is 3.17. The number of aromatic carboxylic acids is 1. The van der Waals surface area contributed by atoms with Crippen LogP contribution in [0.3, 0.4) is 0 Å². The minimum Gasteiger partial charge on any atom is -0.478 e. The molecule has 108 valence electrons. The van der Waals surface area contributed by atoms with Crippen molar-refractivity contribution in [2.75, 3.05) is 24.7 Å². The molecular weight excluding hydrogens is 256 g/mol. The lowest BCUT2D eigenvalue weighted by Crippen LogP contribution is -2.54. The van der Waals surface area contributed by atoms with Gasteiger partial charge in [0.1, 0.15) is 11.4 Å². The van der Waals surface area contributed by atoms with Crippen molar-refractivity contribution in [3.05, 3.63) is 22.9 Å². The summed E-state index contributed by atoms with van der Waals surface area (Å²) in [5, 5.41) is 9.50. The summed E-state index contributed by atoms with van der Waals surface area (Å²) < 4.78 is 5.51. The van der Waals surface area contributed by atoms with E-state index in [1.54, 1.807) is 0 Å². The van der Waals surface area contributed by atoms with Gasteiger partial charge in [-0.05, 0) is 44.7 Å². The number of hydrogen-bond acceptors (Lipinski definition) is 4. The summed E-state index contributed by atoms with van der Waals surface area (Å²) in [5.74, 6) is -0.295. The number of carboxylic acid groups (broad SMARTS) is 1. The molecule has 0 unspecified atom stereocenters. The first-order valence-electron chi connectivity index (χ1n) is 7.10. The summed E-state index contributed by atoms with van der Waals surface area (Å²) in [5.41, 5.74) is 2.24. The molecule has 5 heteroatoms. The number of aromatic nitrogens is 1. The van der Waals surface area contributed by atoms with Crippen molar-refractivity contribution in [1.29, 1.82) is 0 Å². The monoisotopic (exact) mass is 276 g/mol. The smallest absolute Gasteiger partial charge is 0.339 e. The lowest BCUT2D eigenvalue weighted by molar-refractivity contribution is 0.0624. The molecule has 0 radical (unpaired) electrons. The van der Waals surface area contributed by atoms with Gasteiger partial charge in [0.05, 0.1) is 18.8 Å². The third-order valence-corrected chi connectivity index (χ3v) is 4.16. The molecule has 3 rings (SSSR count). The lowest BCUT2D eigenvalue weighted by Gasteiger charge is -2.43. The number of pyridine rings is 1. The fourth-order valence-electron chi connectivity index (χ4n) is 3.08. The molecule has 0 atom stereocenters. The van der Waals surface area contributed by atoms with Crippen molar-refractivity contribution in [3.8, 4) is 0 Å². The molecule has 0 spiro atoms. The predicted molar refractivity (Wildman–Crippen MR) is 75.5 cm³/mol. The highest BCUT2D eigenvalue weighted by atomic mass is 16.5. The molecule has 1 N–H and O–H groups in total. The van der Waals surface area contributed by atoms with Gasteiger partial charge in [-0.1, -0.05) is 0 Å². The Morgan fingerprint density at radius 3 is 2.95 bits per heavy atom. The van der Waals surface area contributed by atoms with E-state index in [1.807, 2.05) is 6.07 Å². The molecule has 20 heavy (non-hydrogen) atoms. The zero-order valence-corrected chi connectivity index (χ0v) is 12.0. The normalized spacial score (nSPS) is 20.8. The summed E-state index contributed by atoms with van der Waals surface area (Å²) >= 11 is 0. The van der Waals surface area contributed by atoms with E-state index < -0.39 is 5.97 Å². The van der Waals surface area contributed by atoms with Crippen molar-refractivity contribution < 1.29 is 14.6 Å². The van der Waals surface area contributed by atoms with E-state index in [0.717, 1.165) is 30.5 Å². The highest BCUT2D eigenvalue weighted by Crippen LogP contribution is 2.32. The molecule has 0 saturated carbocycles. The number of rotatable bonds is 2. The summed E-state index contributed by atoms with van der Waals surface area (Å²) in [6.45, 7) is 6.00. The number of fused-ring (bicyclic) bond motifs is 1. The zero-order chi connectivity index (χ0) is 14.3. The van der Waals surface area contributed by atoms with Crippen molar-refractivity contribution in [1.82, 2.24) is 4.98 Å². The number of hydrogen-bond donors (Lipinski definition) is 1. The molecule has 1 aliphatic carbocycles. The van der Waals surface area contributed by atoms with Crippen LogP contribution < -0.4 is 4.90 Å². The van der Waals surface area contributed by atoms with Crippen molar-refractivity contribution in [3.63, 3.8) is 0 Å². The SMILES string of the molecule is CC1(C)COCCN1c1nc2c(cc1C(=O)O)CCC2. The van der Waals surface area contributed by atoms with Gasteiger partial charge in [0.25, 0.3) is 0 Å². The van der Waals surface area contributed by atoms with E-state index in [0.29, 0.717) is 31.1 Å². The maximum Gasteiger partial charge on any atom is 0.339 e. The van der Waals surface area contributed by atoms with Crippen LogP contribution >= 0.6 is 0 Å². The molecular formula is C15H20N2O3. The van der Waals surface area contributed by atoms with Crippen LogP contribution in [0.5, 0.6) is 0 Å². The van der Waals surface area contributed by atoms with Gasteiger partial charge in [0.15, 0.2) is 0 Å². The van der Waals surface area contributed by atoms with Crippen LogP contribution in [-0.4, -0.2) is 41.4 Å². The van der Waals surface area contributed by atoms with Gasteiger partial charge in [-0.25, -0.2) is 9.78 Å². The van der Waals surface area contributed by atoms with E-state index in [4.69, 9.17) is 4.74 Å². The molecule has 5 nitrogen and oxygen atoms in total. The minimum atomic E-state index is -0.899. The number of anilines is 1. The van der Waals surface area contributed by atoms with E-state index in [1.165, 1.54) is 0 Å². The molecule has 1 aromatic rings. The second-order valence-corrected chi connectivity index (χ2v) is 6.14. The van der Waals surface area contributed by atoms with Crippen LogP contribution in [-0.2, 0) is 17.6 Å². The largest absolute Gasteiger partial charge is 0.478 e. The Labute approximate surface area is 118 Å². The van der Waals surface area contributed by atoms with Gasteiger partial charge >= 0.3 is 5.97 Å². The fourth-order valence-corrected chi connectivity index (χ4v) is 3.08. The van der Waals surface area contributed by atoms with Gasteiger partial charge in [0, 0.05) is 12.2 Å². The quantitative estimate of drug-likeness (QED) is 0.893. The van der Waals surface area contributed by atoms with Crippen LogP contribution in [0.25, 0.3) is 0 Å². The van der Waals surface area contributed by atoms with Crippen molar-refractivity contribution in [2.45, 2.75) is 38.6 Å². The van der Waals surface area contributed by atoms with Crippen LogP contribution in [0.2, 0.25) is 0 Å². The van der Waals surface area contributed by atoms with E-state index in [-0.39, 0.29) is 5.54 Å². The van der Waals surface area contributed by atoms with Gasteiger partial charge < -0.3 is 14.7 Å².